The van der Waals surface area contributed by atoms with E-state index in [1.165, 1.54) is 0 Å². The second kappa shape index (κ2) is 9.49. The topological polar surface area (TPSA) is 81.0 Å². The van der Waals surface area contributed by atoms with E-state index in [4.69, 9.17) is 13.9 Å². The van der Waals surface area contributed by atoms with E-state index in [0.717, 1.165) is 18.4 Å². The van der Waals surface area contributed by atoms with Crippen LogP contribution in [0.2, 0.25) is 0 Å². The molecule has 2 amide bonds. The van der Waals surface area contributed by atoms with Gasteiger partial charge in [0.15, 0.2) is 17.3 Å². The molecule has 1 saturated heterocycles. The van der Waals surface area contributed by atoms with Gasteiger partial charge >= 0.3 is 0 Å². The first-order valence-electron chi connectivity index (χ1n) is 9.86. The molecule has 1 aliphatic rings. The van der Waals surface area contributed by atoms with Crippen molar-refractivity contribution >= 4 is 11.8 Å². The normalized spacial score (nSPS) is 14.5. The van der Waals surface area contributed by atoms with Crippen LogP contribution in [0.1, 0.15) is 41.1 Å². The van der Waals surface area contributed by atoms with Crippen molar-refractivity contribution in [2.75, 3.05) is 27.3 Å². The van der Waals surface area contributed by atoms with Crippen LogP contribution in [0.4, 0.5) is 0 Å². The Morgan fingerprint density at radius 3 is 2.52 bits per heavy atom. The fraction of sp³-hybridized carbons (Fsp3) is 0.455. The van der Waals surface area contributed by atoms with Crippen LogP contribution in [0.3, 0.4) is 0 Å². The molecule has 7 heteroatoms. The van der Waals surface area contributed by atoms with Crippen molar-refractivity contribution in [2.45, 2.75) is 38.6 Å². The minimum atomic E-state index is -0.201. The highest BCUT2D eigenvalue weighted by atomic mass is 16.5. The minimum Gasteiger partial charge on any atom is -0.493 e. The van der Waals surface area contributed by atoms with E-state index in [2.05, 4.69) is 5.32 Å². The van der Waals surface area contributed by atoms with Crippen molar-refractivity contribution in [1.29, 1.82) is 0 Å². The molecule has 29 heavy (non-hydrogen) atoms. The number of para-hydroxylation sites is 1. The van der Waals surface area contributed by atoms with Gasteiger partial charge < -0.3 is 24.1 Å². The summed E-state index contributed by atoms with van der Waals surface area (Å²) in [5.74, 6) is 2.30. The quantitative estimate of drug-likeness (QED) is 0.773. The van der Waals surface area contributed by atoms with Crippen LogP contribution in [0, 0.1) is 6.92 Å². The predicted molar refractivity (Wildman–Crippen MR) is 108 cm³/mol. The molecule has 0 aliphatic carbocycles. The molecule has 1 fully saturated rings. The number of methoxy groups -OCH3 is 2. The van der Waals surface area contributed by atoms with Crippen LogP contribution in [-0.4, -0.2) is 50.1 Å². The zero-order chi connectivity index (χ0) is 20.8. The lowest BCUT2D eigenvalue weighted by Crippen LogP contribution is -2.46. The Kier molecular flexibility index (Phi) is 6.80. The van der Waals surface area contributed by atoms with Crippen LogP contribution in [0.25, 0.3) is 0 Å². The zero-order valence-electron chi connectivity index (χ0n) is 17.2. The first-order chi connectivity index (χ1) is 14.0. The third-order valence-electron chi connectivity index (χ3n) is 5.24. The summed E-state index contributed by atoms with van der Waals surface area (Å²) in [7, 11) is 3.20. The van der Waals surface area contributed by atoms with Crippen LogP contribution < -0.4 is 14.8 Å². The third kappa shape index (κ3) is 5.10. The van der Waals surface area contributed by atoms with E-state index < -0.39 is 0 Å². The number of hydrogen-bond acceptors (Lipinski definition) is 5. The molecule has 7 nitrogen and oxygen atoms in total. The molecule has 1 aromatic heterocycles. The number of ether oxygens (including phenoxy) is 2. The fourth-order valence-electron chi connectivity index (χ4n) is 3.64. The maximum absolute atomic E-state index is 12.6. The number of amides is 2. The second-order valence-electron chi connectivity index (χ2n) is 7.19. The number of nitrogens with zero attached hydrogens (tertiary/aromatic N) is 1. The smallest absolute Gasteiger partial charge is 0.287 e. The summed E-state index contributed by atoms with van der Waals surface area (Å²) in [6.45, 7) is 3.08. The molecular weight excluding hydrogens is 372 g/mol. The van der Waals surface area contributed by atoms with Gasteiger partial charge in [-0.3, -0.25) is 9.59 Å². The van der Waals surface area contributed by atoms with Gasteiger partial charge in [-0.15, -0.1) is 0 Å². The number of hydrogen-bond donors (Lipinski definition) is 1. The molecule has 1 aliphatic heterocycles. The molecule has 0 radical (unpaired) electrons. The number of aryl methyl sites for hydroxylation is 2. The lowest BCUT2D eigenvalue weighted by molar-refractivity contribution is -0.132. The van der Waals surface area contributed by atoms with E-state index in [0.29, 0.717) is 49.0 Å². The molecule has 0 saturated carbocycles. The standard InChI is InChI=1S/C22H28N2O5/c1-15-7-9-19(29-15)22(26)23-17-11-13-24(14-12-17)20(25)10-8-16-5-4-6-18(27-2)21(16)28-3/h4-7,9,17H,8,10-14H2,1-3H3,(H,23,26). The van der Waals surface area contributed by atoms with Crippen LogP contribution in [0.15, 0.2) is 34.7 Å². The van der Waals surface area contributed by atoms with Crippen molar-refractivity contribution in [3.05, 3.63) is 47.4 Å². The predicted octanol–water partition coefficient (Wildman–Crippen LogP) is 2.96. The monoisotopic (exact) mass is 400 g/mol. The van der Waals surface area contributed by atoms with Gasteiger partial charge in [0.25, 0.3) is 5.91 Å². The van der Waals surface area contributed by atoms with Gasteiger partial charge in [0.2, 0.25) is 5.91 Å². The molecule has 156 valence electrons. The summed E-state index contributed by atoms with van der Waals surface area (Å²) < 4.78 is 16.1. The minimum absolute atomic E-state index is 0.0513. The van der Waals surface area contributed by atoms with Gasteiger partial charge in [0, 0.05) is 25.6 Å². The lowest BCUT2D eigenvalue weighted by atomic mass is 10.0. The summed E-state index contributed by atoms with van der Waals surface area (Å²) in [6.07, 6.45) is 2.47. The van der Waals surface area contributed by atoms with Crippen molar-refractivity contribution in [1.82, 2.24) is 10.2 Å². The Labute approximate surface area is 171 Å². The maximum atomic E-state index is 12.6. The van der Waals surface area contributed by atoms with E-state index in [-0.39, 0.29) is 17.9 Å². The Bertz CT molecular complexity index is 853. The van der Waals surface area contributed by atoms with E-state index >= 15 is 0 Å². The average Bonchev–Trinajstić information content (AvgIpc) is 3.18. The highest BCUT2D eigenvalue weighted by molar-refractivity contribution is 5.91. The molecule has 3 rings (SSSR count). The third-order valence-corrected chi connectivity index (χ3v) is 5.24. The maximum Gasteiger partial charge on any atom is 0.287 e. The molecule has 0 unspecified atom stereocenters. The first kappa shape index (κ1) is 20.8. The highest BCUT2D eigenvalue weighted by Gasteiger charge is 2.25. The molecule has 2 aromatic rings. The van der Waals surface area contributed by atoms with Gasteiger partial charge in [-0.25, -0.2) is 0 Å². The summed E-state index contributed by atoms with van der Waals surface area (Å²) >= 11 is 0. The molecule has 0 spiro atoms. The van der Waals surface area contributed by atoms with Crippen LogP contribution in [-0.2, 0) is 11.2 Å². The first-order valence-corrected chi connectivity index (χ1v) is 9.86. The van der Waals surface area contributed by atoms with Crippen molar-refractivity contribution < 1.29 is 23.5 Å². The number of likely N-dealkylation sites (tertiary alicyclic amines) is 1. The number of carbonyl (C=O) groups is 2. The number of carbonyl (C=O) groups excluding carboxylic acids is 2. The Morgan fingerprint density at radius 2 is 1.90 bits per heavy atom. The summed E-state index contributed by atoms with van der Waals surface area (Å²) in [5.41, 5.74) is 0.955. The number of furan rings is 1. The van der Waals surface area contributed by atoms with Gasteiger partial charge in [0.1, 0.15) is 5.76 Å². The molecule has 0 atom stereocenters. The van der Waals surface area contributed by atoms with Gasteiger partial charge in [-0.2, -0.15) is 0 Å². The molecule has 0 bridgehead atoms. The van der Waals surface area contributed by atoms with Crippen LogP contribution >= 0.6 is 0 Å². The van der Waals surface area contributed by atoms with Crippen molar-refractivity contribution in [3.8, 4) is 11.5 Å². The molecule has 1 aromatic carbocycles. The lowest BCUT2D eigenvalue weighted by Gasteiger charge is -2.32. The molecule has 2 heterocycles. The van der Waals surface area contributed by atoms with Gasteiger partial charge in [-0.1, -0.05) is 12.1 Å². The average molecular weight is 400 g/mol. The van der Waals surface area contributed by atoms with Gasteiger partial charge in [0.05, 0.1) is 14.2 Å². The Morgan fingerprint density at radius 1 is 1.14 bits per heavy atom. The Balaban J connectivity index is 1.47. The summed E-state index contributed by atoms with van der Waals surface area (Å²) in [4.78, 5) is 26.7. The van der Waals surface area contributed by atoms with E-state index in [9.17, 15) is 9.59 Å². The SMILES string of the molecule is COc1cccc(CCC(=O)N2CCC(NC(=O)c3ccc(C)o3)CC2)c1OC. The number of piperidine rings is 1. The summed E-state index contributed by atoms with van der Waals surface area (Å²) in [5, 5.41) is 2.99. The van der Waals surface area contributed by atoms with Crippen molar-refractivity contribution in [3.63, 3.8) is 0 Å². The van der Waals surface area contributed by atoms with E-state index in [1.54, 1.807) is 26.4 Å². The molecular formula is C22H28N2O5. The number of nitrogens with one attached hydrogen (secondary N) is 1. The van der Waals surface area contributed by atoms with Gasteiger partial charge in [-0.05, 0) is 49.9 Å². The van der Waals surface area contributed by atoms with E-state index in [1.807, 2.05) is 30.0 Å². The van der Waals surface area contributed by atoms with Crippen LogP contribution in [0.5, 0.6) is 11.5 Å². The second-order valence-corrected chi connectivity index (χ2v) is 7.19. The van der Waals surface area contributed by atoms with Crippen molar-refractivity contribution in [2.24, 2.45) is 0 Å². The zero-order valence-corrected chi connectivity index (χ0v) is 17.2. The highest BCUT2D eigenvalue weighted by Crippen LogP contribution is 2.31. The number of benzene rings is 1. The number of rotatable bonds is 7. The largest absolute Gasteiger partial charge is 0.493 e. The summed E-state index contributed by atoms with van der Waals surface area (Å²) in [6, 6.07) is 9.19. The fourth-order valence-corrected chi connectivity index (χ4v) is 3.64. The molecule has 1 N–H and O–H groups in total. The Hall–Kier alpha value is -2.96.